The standard InChI is InChI=1S/C17H26N4O2/c1-16(2,3)23-15(22)18-17(9-4-10-17)14-20-19-13(11-5-6-11)21(14)12-7-8-12/h11-12H,4-10H2,1-3H3,(H,18,22). The number of carbonyl (C=O) groups is 1. The van der Waals surface area contributed by atoms with E-state index in [2.05, 4.69) is 20.1 Å². The largest absolute Gasteiger partial charge is 0.444 e. The Morgan fingerprint density at radius 3 is 2.39 bits per heavy atom. The first kappa shape index (κ1) is 15.0. The minimum absolute atomic E-state index is 0.351. The van der Waals surface area contributed by atoms with Crippen molar-refractivity contribution in [2.24, 2.45) is 0 Å². The molecule has 0 radical (unpaired) electrons. The third-order valence-electron chi connectivity index (χ3n) is 4.95. The fourth-order valence-electron chi connectivity index (χ4n) is 3.38. The minimum atomic E-state index is -0.488. The summed E-state index contributed by atoms with van der Waals surface area (Å²) in [5.74, 6) is 2.68. The van der Waals surface area contributed by atoms with E-state index in [9.17, 15) is 4.79 Å². The number of nitrogens with one attached hydrogen (secondary N) is 1. The molecule has 3 aliphatic carbocycles. The normalized spacial score (nSPS) is 23.3. The summed E-state index contributed by atoms with van der Waals surface area (Å²) in [4.78, 5) is 12.3. The zero-order chi connectivity index (χ0) is 16.2. The smallest absolute Gasteiger partial charge is 0.408 e. The molecule has 6 heteroatoms. The summed E-state index contributed by atoms with van der Waals surface area (Å²) in [7, 11) is 0. The predicted octanol–water partition coefficient (Wildman–Crippen LogP) is 3.39. The summed E-state index contributed by atoms with van der Waals surface area (Å²) in [5, 5.41) is 12.1. The molecule has 1 N–H and O–H groups in total. The Kier molecular flexibility index (Phi) is 3.22. The van der Waals surface area contributed by atoms with Crippen LogP contribution < -0.4 is 5.32 Å². The summed E-state index contributed by atoms with van der Waals surface area (Å²) in [5.41, 5.74) is -0.872. The Morgan fingerprint density at radius 1 is 1.22 bits per heavy atom. The van der Waals surface area contributed by atoms with Gasteiger partial charge in [-0.3, -0.25) is 0 Å². The molecule has 4 rings (SSSR count). The van der Waals surface area contributed by atoms with Crippen molar-refractivity contribution in [3.8, 4) is 0 Å². The average molecular weight is 318 g/mol. The highest BCUT2D eigenvalue weighted by Gasteiger charge is 2.48. The van der Waals surface area contributed by atoms with Crippen LogP contribution in [0.4, 0.5) is 4.79 Å². The van der Waals surface area contributed by atoms with E-state index in [-0.39, 0.29) is 11.6 Å². The maximum atomic E-state index is 12.3. The number of aromatic nitrogens is 3. The first-order valence-corrected chi connectivity index (χ1v) is 8.84. The second kappa shape index (κ2) is 4.95. The SMILES string of the molecule is CC(C)(C)OC(=O)NC1(c2nnc(C3CC3)n2C2CC2)CCC1. The molecule has 0 saturated heterocycles. The van der Waals surface area contributed by atoms with Gasteiger partial charge in [0.1, 0.15) is 17.0 Å². The van der Waals surface area contributed by atoms with Crippen LogP contribution in [0, 0.1) is 0 Å². The molecule has 1 heterocycles. The van der Waals surface area contributed by atoms with Crippen LogP contribution in [0.25, 0.3) is 0 Å². The van der Waals surface area contributed by atoms with Crippen molar-refractivity contribution in [2.75, 3.05) is 0 Å². The molecule has 1 amide bonds. The van der Waals surface area contributed by atoms with Crippen molar-refractivity contribution in [3.05, 3.63) is 11.6 Å². The summed E-state index contributed by atoms with van der Waals surface area (Å²) >= 11 is 0. The van der Waals surface area contributed by atoms with Gasteiger partial charge in [-0.2, -0.15) is 0 Å². The van der Waals surface area contributed by atoms with Crippen LogP contribution in [0.2, 0.25) is 0 Å². The number of alkyl carbamates (subject to hydrolysis) is 1. The molecule has 0 aliphatic heterocycles. The van der Waals surface area contributed by atoms with E-state index in [1.54, 1.807) is 0 Å². The van der Waals surface area contributed by atoms with E-state index >= 15 is 0 Å². The first-order valence-electron chi connectivity index (χ1n) is 8.84. The quantitative estimate of drug-likeness (QED) is 0.924. The van der Waals surface area contributed by atoms with Gasteiger partial charge in [0.15, 0.2) is 5.82 Å². The predicted molar refractivity (Wildman–Crippen MR) is 85.2 cm³/mol. The van der Waals surface area contributed by atoms with Gasteiger partial charge in [-0.15, -0.1) is 10.2 Å². The number of amides is 1. The zero-order valence-electron chi connectivity index (χ0n) is 14.3. The van der Waals surface area contributed by atoms with Crippen molar-refractivity contribution in [2.45, 2.75) is 88.8 Å². The second-order valence-corrected chi connectivity index (χ2v) is 8.32. The topological polar surface area (TPSA) is 69.0 Å². The highest BCUT2D eigenvalue weighted by molar-refractivity contribution is 5.69. The minimum Gasteiger partial charge on any atom is -0.444 e. The van der Waals surface area contributed by atoms with E-state index in [4.69, 9.17) is 4.74 Å². The molecule has 1 aromatic rings. The zero-order valence-corrected chi connectivity index (χ0v) is 14.3. The van der Waals surface area contributed by atoms with Gasteiger partial charge in [0, 0.05) is 12.0 Å². The molecule has 6 nitrogen and oxygen atoms in total. The fourth-order valence-corrected chi connectivity index (χ4v) is 3.38. The molecule has 0 spiro atoms. The summed E-state index contributed by atoms with van der Waals surface area (Å²) in [6, 6.07) is 0.536. The van der Waals surface area contributed by atoms with Crippen LogP contribution in [0.5, 0.6) is 0 Å². The van der Waals surface area contributed by atoms with Crippen molar-refractivity contribution in [1.29, 1.82) is 0 Å². The Labute approximate surface area is 137 Å². The third-order valence-corrected chi connectivity index (χ3v) is 4.95. The molecule has 3 fully saturated rings. The highest BCUT2D eigenvalue weighted by Crippen LogP contribution is 2.49. The Hall–Kier alpha value is -1.59. The van der Waals surface area contributed by atoms with E-state index in [0.717, 1.165) is 30.9 Å². The Balaban J connectivity index is 1.61. The molecule has 126 valence electrons. The molecule has 1 aromatic heterocycles. The van der Waals surface area contributed by atoms with Crippen LogP contribution >= 0.6 is 0 Å². The van der Waals surface area contributed by atoms with Gasteiger partial charge >= 0.3 is 6.09 Å². The number of carbonyl (C=O) groups excluding carboxylic acids is 1. The van der Waals surface area contributed by atoms with Gasteiger partial charge in [0.25, 0.3) is 0 Å². The molecule has 3 aliphatic rings. The van der Waals surface area contributed by atoms with Crippen molar-refractivity contribution in [1.82, 2.24) is 20.1 Å². The van der Waals surface area contributed by atoms with E-state index in [1.807, 2.05) is 20.8 Å². The van der Waals surface area contributed by atoms with Crippen molar-refractivity contribution >= 4 is 6.09 Å². The lowest BCUT2D eigenvalue weighted by atomic mass is 9.76. The second-order valence-electron chi connectivity index (χ2n) is 8.32. The maximum absolute atomic E-state index is 12.3. The monoisotopic (exact) mass is 318 g/mol. The molecular formula is C17H26N4O2. The van der Waals surface area contributed by atoms with E-state index < -0.39 is 5.60 Å². The summed E-state index contributed by atoms with van der Waals surface area (Å²) < 4.78 is 7.81. The van der Waals surface area contributed by atoms with Crippen molar-refractivity contribution < 1.29 is 9.53 Å². The van der Waals surface area contributed by atoms with Gasteiger partial charge in [0.05, 0.1) is 0 Å². The Morgan fingerprint density at radius 2 is 1.91 bits per heavy atom. The lowest BCUT2D eigenvalue weighted by Gasteiger charge is -2.41. The van der Waals surface area contributed by atoms with Crippen LogP contribution in [0.1, 0.15) is 89.3 Å². The summed E-state index contributed by atoms with van der Waals surface area (Å²) in [6.07, 6.45) is 7.43. The van der Waals surface area contributed by atoms with Crippen molar-refractivity contribution in [3.63, 3.8) is 0 Å². The van der Waals surface area contributed by atoms with Gasteiger partial charge < -0.3 is 14.6 Å². The van der Waals surface area contributed by atoms with Crippen LogP contribution in [-0.4, -0.2) is 26.5 Å². The number of hydrogen-bond donors (Lipinski definition) is 1. The van der Waals surface area contributed by atoms with Crippen LogP contribution in [0.3, 0.4) is 0 Å². The lowest BCUT2D eigenvalue weighted by Crippen LogP contribution is -2.53. The highest BCUT2D eigenvalue weighted by atomic mass is 16.6. The average Bonchev–Trinajstić information content (AvgIpc) is 3.30. The van der Waals surface area contributed by atoms with E-state index in [1.165, 1.54) is 25.7 Å². The first-order chi connectivity index (χ1) is 10.9. The molecule has 3 saturated carbocycles. The van der Waals surface area contributed by atoms with Gasteiger partial charge in [-0.1, -0.05) is 0 Å². The number of hydrogen-bond acceptors (Lipinski definition) is 4. The van der Waals surface area contributed by atoms with E-state index in [0.29, 0.717) is 12.0 Å². The number of rotatable bonds is 4. The number of nitrogens with zero attached hydrogens (tertiary/aromatic N) is 3. The molecule has 23 heavy (non-hydrogen) atoms. The van der Waals surface area contributed by atoms with Gasteiger partial charge in [-0.25, -0.2) is 4.79 Å². The molecule has 0 aromatic carbocycles. The third kappa shape index (κ3) is 2.83. The Bertz CT molecular complexity index is 619. The molecular weight excluding hydrogens is 292 g/mol. The lowest BCUT2D eigenvalue weighted by molar-refractivity contribution is 0.0358. The van der Waals surface area contributed by atoms with Crippen LogP contribution in [-0.2, 0) is 10.3 Å². The molecule has 0 unspecified atom stereocenters. The molecule has 0 atom stereocenters. The van der Waals surface area contributed by atoms with Gasteiger partial charge in [-0.05, 0) is 65.7 Å². The fraction of sp³-hybridized carbons (Fsp3) is 0.824. The molecule has 0 bridgehead atoms. The maximum Gasteiger partial charge on any atom is 0.408 e. The van der Waals surface area contributed by atoms with Gasteiger partial charge in [0.2, 0.25) is 0 Å². The summed E-state index contributed by atoms with van der Waals surface area (Å²) in [6.45, 7) is 5.66. The van der Waals surface area contributed by atoms with Crippen LogP contribution in [0.15, 0.2) is 0 Å². The number of ether oxygens (including phenoxy) is 1.